The highest BCUT2D eigenvalue weighted by atomic mass is 35.5. The summed E-state index contributed by atoms with van der Waals surface area (Å²) >= 11 is 7.72. The fourth-order valence-corrected chi connectivity index (χ4v) is 6.87. The Bertz CT molecular complexity index is 1520. The predicted octanol–water partition coefficient (Wildman–Crippen LogP) is 7.09. The molecule has 0 unspecified atom stereocenters. The number of aryl methyl sites for hydroxylation is 1. The standard InChI is InChI=1S/C29H33ClN4O3S2/c1-4-6-18-33(19-7-5-2)39(36,37)24-13-11-22(12-14-24)28(35)34(20-23-10-8-9-17-31-23)29-32-27-21(3)25(30)15-16-26(27)38-29/h8-17H,4-7,18-20H2,1-3H3. The van der Waals surface area contributed by atoms with Crippen molar-refractivity contribution in [1.82, 2.24) is 14.3 Å². The number of pyridine rings is 1. The molecular formula is C29H33ClN4O3S2. The van der Waals surface area contributed by atoms with Gasteiger partial charge in [0.2, 0.25) is 10.0 Å². The van der Waals surface area contributed by atoms with E-state index in [9.17, 15) is 13.2 Å². The molecule has 2 aromatic heterocycles. The number of carbonyl (C=O) groups is 1. The zero-order chi connectivity index (χ0) is 28.0. The van der Waals surface area contributed by atoms with Gasteiger partial charge < -0.3 is 0 Å². The molecule has 4 rings (SSSR count). The van der Waals surface area contributed by atoms with Gasteiger partial charge in [-0.15, -0.1) is 0 Å². The Morgan fingerprint density at radius 1 is 0.974 bits per heavy atom. The lowest BCUT2D eigenvalue weighted by molar-refractivity contribution is 0.0984. The molecule has 1 amide bonds. The van der Waals surface area contributed by atoms with Crippen molar-refractivity contribution in [2.24, 2.45) is 0 Å². The van der Waals surface area contributed by atoms with E-state index in [1.807, 2.05) is 51.1 Å². The van der Waals surface area contributed by atoms with E-state index in [1.165, 1.54) is 23.5 Å². The van der Waals surface area contributed by atoms with Crippen molar-refractivity contribution < 1.29 is 13.2 Å². The van der Waals surface area contributed by atoms with Crippen LogP contribution in [0.3, 0.4) is 0 Å². The first-order valence-corrected chi connectivity index (χ1v) is 15.8. The molecule has 0 spiro atoms. The van der Waals surface area contributed by atoms with Crippen LogP contribution in [0.1, 0.15) is 61.1 Å². The minimum atomic E-state index is -3.66. The highest BCUT2D eigenvalue weighted by Crippen LogP contribution is 2.35. The normalized spacial score (nSPS) is 11.8. The Labute approximate surface area is 239 Å². The van der Waals surface area contributed by atoms with Gasteiger partial charge in [-0.05, 0) is 73.9 Å². The van der Waals surface area contributed by atoms with E-state index in [-0.39, 0.29) is 17.3 Å². The number of amides is 1. The maximum atomic E-state index is 13.8. The zero-order valence-corrected chi connectivity index (χ0v) is 24.8. The van der Waals surface area contributed by atoms with Crippen LogP contribution in [-0.4, -0.2) is 41.7 Å². The van der Waals surface area contributed by atoms with Gasteiger partial charge in [-0.1, -0.05) is 55.7 Å². The molecule has 0 aliphatic heterocycles. The van der Waals surface area contributed by atoms with Gasteiger partial charge in [-0.3, -0.25) is 14.7 Å². The van der Waals surface area contributed by atoms with Gasteiger partial charge in [0.25, 0.3) is 5.91 Å². The number of carbonyl (C=O) groups excluding carboxylic acids is 1. The smallest absolute Gasteiger partial charge is 0.260 e. The molecule has 10 heteroatoms. The van der Waals surface area contributed by atoms with Crippen molar-refractivity contribution in [2.75, 3.05) is 18.0 Å². The number of rotatable bonds is 12. The van der Waals surface area contributed by atoms with Crippen LogP contribution in [0.4, 0.5) is 5.13 Å². The van der Waals surface area contributed by atoms with E-state index >= 15 is 0 Å². The number of sulfonamides is 1. The molecule has 0 fully saturated rings. The number of fused-ring (bicyclic) bond motifs is 1. The van der Waals surface area contributed by atoms with Crippen LogP contribution in [0, 0.1) is 6.92 Å². The second-order valence-electron chi connectivity index (χ2n) is 9.36. The van der Waals surface area contributed by atoms with Crippen LogP contribution in [-0.2, 0) is 16.6 Å². The largest absolute Gasteiger partial charge is 0.278 e. The molecule has 0 atom stereocenters. The summed E-state index contributed by atoms with van der Waals surface area (Å²) in [7, 11) is -3.66. The molecule has 0 N–H and O–H groups in total. The van der Waals surface area contributed by atoms with Crippen LogP contribution in [0.5, 0.6) is 0 Å². The summed E-state index contributed by atoms with van der Waals surface area (Å²) in [6, 6.07) is 15.5. The number of benzene rings is 2. The van der Waals surface area contributed by atoms with Gasteiger partial charge in [-0.25, -0.2) is 13.4 Å². The van der Waals surface area contributed by atoms with Gasteiger partial charge in [0.1, 0.15) is 0 Å². The number of hydrogen-bond acceptors (Lipinski definition) is 6. The summed E-state index contributed by atoms with van der Waals surface area (Å²) in [5.41, 5.74) is 2.68. The van der Waals surface area contributed by atoms with E-state index in [0.717, 1.165) is 41.5 Å². The van der Waals surface area contributed by atoms with Crippen molar-refractivity contribution in [1.29, 1.82) is 0 Å². The average Bonchev–Trinajstić information content (AvgIpc) is 3.39. The number of aromatic nitrogens is 2. The minimum absolute atomic E-state index is 0.188. The quantitative estimate of drug-likeness (QED) is 0.177. The van der Waals surface area contributed by atoms with Crippen molar-refractivity contribution in [3.05, 3.63) is 82.6 Å². The summed E-state index contributed by atoms with van der Waals surface area (Å²) in [5.74, 6) is -0.291. The van der Waals surface area contributed by atoms with Crippen LogP contribution in [0.25, 0.3) is 10.2 Å². The Hall–Kier alpha value is -2.85. The number of anilines is 1. The van der Waals surface area contributed by atoms with Crippen molar-refractivity contribution in [3.8, 4) is 0 Å². The SMILES string of the molecule is CCCCN(CCCC)S(=O)(=O)c1ccc(C(=O)N(Cc2ccccn2)c2nc3c(C)c(Cl)ccc3s2)cc1. The molecule has 0 saturated heterocycles. The number of unbranched alkanes of at least 4 members (excludes halogenated alkanes) is 2. The Balaban J connectivity index is 1.67. The first kappa shape index (κ1) is 29.1. The van der Waals surface area contributed by atoms with Crippen molar-refractivity contribution in [2.45, 2.75) is 57.9 Å². The van der Waals surface area contributed by atoms with Crippen LogP contribution in [0.15, 0.2) is 65.7 Å². The summed E-state index contributed by atoms with van der Waals surface area (Å²) in [6.07, 6.45) is 5.11. The van der Waals surface area contributed by atoms with Gasteiger partial charge >= 0.3 is 0 Å². The fraction of sp³-hybridized carbons (Fsp3) is 0.345. The van der Waals surface area contributed by atoms with E-state index in [2.05, 4.69) is 4.98 Å². The molecule has 0 radical (unpaired) electrons. The number of nitrogens with zero attached hydrogens (tertiary/aromatic N) is 4. The lowest BCUT2D eigenvalue weighted by Crippen LogP contribution is -2.33. The number of thiazole rings is 1. The monoisotopic (exact) mass is 584 g/mol. The lowest BCUT2D eigenvalue weighted by Gasteiger charge is -2.22. The molecule has 206 valence electrons. The van der Waals surface area contributed by atoms with Crippen LogP contribution >= 0.6 is 22.9 Å². The lowest BCUT2D eigenvalue weighted by atomic mass is 10.2. The zero-order valence-electron chi connectivity index (χ0n) is 22.4. The third-order valence-corrected chi connectivity index (χ3v) is 9.89. The van der Waals surface area contributed by atoms with E-state index < -0.39 is 10.0 Å². The Morgan fingerprint density at radius 3 is 2.28 bits per heavy atom. The van der Waals surface area contributed by atoms with Gasteiger partial charge in [-0.2, -0.15) is 4.31 Å². The van der Waals surface area contributed by atoms with Gasteiger partial charge in [0.15, 0.2) is 5.13 Å². The highest BCUT2D eigenvalue weighted by Gasteiger charge is 2.26. The molecule has 0 aliphatic rings. The summed E-state index contributed by atoms with van der Waals surface area (Å²) in [6.45, 7) is 7.18. The summed E-state index contributed by atoms with van der Waals surface area (Å²) in [5, 5.41) is 1.14. The highest BCUT2D eigenvalue weighted by molar-refractivity contribution is 7.89. The van der Waals surface area contributed by atoms with E-state index in [0.29, 0.717) is 34.5 Å². The molecule has 2 heterocycles. The fourth-order valence-electron chi connectivity index (χ4n) is 4.18. The molecule has 0 bridgehead atoms. The van der Waals surface area contributed by atoms with Crippen molar-refractivity contribution >= 4 is 54.2 Å². The first-order valence-electron chi connectivity index (χ1n) is 13.1. The summed E-state index contributed by atoms with van der Waals surface area (Å²) in [4.78, 5) is 24.8. The summed E-state index contributed by atoms with van der Waals surface area (Å²) < 4.78 is 29.2. The minimum Gasteiger partial charge on any atom is -0.278 e. The molecule has 2 aromatic carbocycles. The van der Waals surface area contributed by atoms with Crippen LogP contribution in [0.2, 0.25) is 5.02 Å². The van der Waals surface area contributed by atoms with Crippen molar-refractivity contribution in [3.63, 3.8) is 0 Å². The first-order chi connectivity index (χ1) is 18.8. The third-order valence-electron chi connectivity index (χ3n) is 6.52. The second-order valence-corrected chi connectivity index (χ2v) is 12.7. The average molecular weight is 585 g/mol. The maximum absolute atomic E-state index is 13.8. The maximum Gasteiger partial charge on any atom is 0.260 e. The topological polar surface area (TPSA) is 83.5 Å². The van der Waals surface area contributed by atoms with E-state index in [4.69, 9.17) is 16.6 Å². The molecule has 39 heavy (non-hydrogen) atoms. The predicted molar refractivity (Wildman–Crippen MR) is 159 cm³/mol. The Kier molecular flexibility index (Phi) is 9.71. The number of halogens is 1. The third kappa shape index (κ3) is 6.66. The molecule has 0 aliphatic carbocycles. The molecular weight excluding hydrogens is 552 g/mol. The van der Waals surface area contributed by atoms with Gasteiger partial charge in [0, 0.05) is 29.9 Å². The molecule has 0 saturated carbocycles. The van der Waals surface area contributed by atoms with Gasteiger partial charge in [0.05, 0.1) is 27.4 Å². The van der Waals surface area contributed by atoms with Crippen LogP contribution < -0.4 is 4.90 Å². The van der Waals surface area contributed by atoms with E-state index in [1.54, 1.807) is 27.5 Å². The molecule has 4 aromatic rings. The molecule has 7 nitrogen and oxygen atoms in total. The number of hydrogen-bond donors (Lipinski definition) is 0. The Morgan fingerprint density at radius 2 is 1.67 bits per heavy atom. The second kappa shape index (κ2) is 13.0.